The van der Waals surface area contributed by atoms with E-state index in [0.29, 0.717) is 17.4 Å². The summed E-state index contributed by atoms with van der Waals surface area (Å²) in [7, 11) is 0. The number of aldehydes is 1. The summed E-state index contributed by atoms with van der Waals surface area (Å²) in [5, 5.41) is 0. The van der Waals surface area contributed by atoms with Crippen LogP contribution in [0.3, 0.4) is 0 Å². The van der Waals surface area contributed by atoms with Gasteiger partial charge in [0.15, 0.2) is 6.61 Å². The number of halogens is 3. The molecule has 0 spiro atoms. The maximum absolute atomic E-state index is 11.8. The maximum atomic E-state index is 11.8. The molecule has 0 saturated heterocycles. The average molecular weight is 218 g/mol. The molecule has 0 heterocycles. The molecule has 1 rings (SSSR count). The molecule has 0 aliphatic rings. The molecule has 0 bridgehead atoms. The SMILES string of the molecule is Cc1cc(C=O)cc(OCC(F)(F)F)c1. The second kappa shape index (κ2) is 4.33. The lowest BCUT2D eigenvalue weighted by molar-refractivity contribution is -0.153. The van der Waals surface area contributed by atoms with Crippen molar-refractivity contribution in [2.24, 2.45) is 0 Å². The van der Waals surface area contributed by atoms with Crippen LogP contribution < -0.4 is 4.74 Å². The molecule has 2 nitrogen and oxygen atoms in total. The zero-order valence-corrected chi connectivity index (χ0v) is 7.97. The fourth-order valence-electron chi connectivity index (χ4n) is 1.09. The Morgan fingerprint density at radius 3 is 2.53 bits per heavy atom. The molecule has 0 unspecified atom stereocenters. The third-order valence-electron chi connectivity index (χ3n) is 1.61. The highest BCUT2D eigenvalue weighted by atomic mass is 19.4. The molecular formula is C10H9F3O2. The highest BCUT2D eigenvalue weighted by Gasteiger charge is 2.28. The molecule has 5 heteroatoms. The summed E-state index contributed by atoms with van der Waals surface area (Å²) in [6.45, 7) is 0.322. The Bertz CT molecular complexity index is 358. The number of hydrogen-bond donors (Lipinski definition) is 0. The summed E-state index contributed by atoms with van der Waals surface area (Å²) in [6, 6.07) is 4.28. The minimum Gasteiger partial charge on any atom is -0.484 e. The lowest BCUT2D eigenvalue weighted by Crippen LogP contribution is -2.19. The normalized spacial score (nSPS) is 11.2. The van der Waals surface area contributed by atoms with Gasteiger partial charge in [0.25, 0.3) is 0 Å². The summed E-state index contributed by atoms with van der Waals surface area (Å²) in [4.78, 5) is 10.4. The largest absolute Gasteiger partial charge is 0.484 e. The summed E-state index contributed by atoms with van der Waals surface area (Å²) < 4.78 is 40.0. The number of benzene rings is 1. The van der Waals surface area contributed by atoms with Crippen LogP contribution in [0.5, 0.6) is 5.75 Å². The van der Waals surface area contributed by atoms with Crippen molar-refractivity contribution in [3.63, 3.8) is 0 Å². The van der Waals surface area contributed by atoms with Gasteiger partial charge >= 0.3 is 6.18 Å². The van der Waals surface area contributed by atoms with E-state index in [4.69, 9.17) is 0 Å². The predicted octanol–water partition coefficient (Wildman–Crippen LogP) is 2.75. The lowest BCUT2D eigenvalue weighted by Gasteiger charge is -2.09. The first kappa shape index (κ1) is 11.6. The predicted molar refractivity (Wildman–Crippen MR) is 48.1 cm³/mol. The standard InChI is InChI=1S/C10H9F3O2/c1-7-2-8(5-14)4-9(3-7)15-6-10(11,12)13/h2-5H,6H2,1H3. The van der Waals surface area contributed by atoms with Crippen LogP contribution in [0, 0.1) is 6.92 Å². The van der Waals surface area contributed by atoms with Crippen molar-refractivity contribution in [2.75, 3.05) is 6.61 Å². The van der Waals surface area contributed by atoms with Gasteiger partial charge in [-0.15, -0.1) is 0 Å². The zero-order valence-electron chi connectivity index (χ0n) is 7.97. The number of aryl methyl sites for hydroxylation is 1. The van der Waals surface area contributed by atoms with Gasteiger partial charge in [0.2, 0.25) is 0 Å². The van der Waals surface area contributed by atoms with Crippen molar-refractivity contribution >= 4 is 6.29 Å². The smallest absolute Gasteiger partial charge is 0.422 e. The average Bonchev–Trinajstić information content (AvgIpc) is 2.13. The second-order valence-electron chi connectivity index (χ2n) is 3.10. The Labute approximate surface area is 84.7 Å². The number of alkyl halides is 3. The number of rotatable bonds is 3. The van der Waals surface area contributed by atoms with Crippen LogP contribution in [0.1, 0.15) is 15.9 Å². The first-order valence-electron chi connectivity index (χ1n) is 4.17. The molecule has 0 radical (unpaired) electrons. The third-order valence-corrected chi connectivity index (χ3v) is 1.61. The molecule has 0 aliphatic carbocycles. The Kier molecular flexibility index (Phi) is 3.34. The first-order chi connectivity index (χ1) is 6.90. The summed E-state index contributed by atoms with van der Waals surface area (Å²) >= 11 is 0. The van der Waals surface area contributed by atoms with Crippen molar-refractivity contribution in [3.05, 3.63) is 29.3 Å². The summed E-state index contributed by atoms with van der Waals surface area (Å²) in [5.74, 6) is 0.0504. The Hall–Kier alpha value is -1.52. The Morgan fingerprint density at radius 1 is 1.33 bits per heavy atom. The summed E-state index contributed by atoms with van der Waals surface area (Å²) in [6.07, 6.45) is -3.81. The zero-order chi connectivity index (χ0) is 11.5. The molecular weight excluding hydrogens is 209 g/mol. The van der Waals surface area contributed by atoms with Crippen LogP contribution >= 0.6 is 0 Å². The topological polar surface area (TPSA) is 26.3 Å². The highest BCUT2D eigenvalue weighted by molar-refractivity contribution is 5.76. The van der Waals surface area contributed by atoms with Gasteiger partial charge in [-0.3, -0.25) is 4.79 Å². The van der Waals surface area contributed by atoms with Gasteiger partial charge in [0.1, 0.15) is 12.0 Å². The van der Waals surface area contributed by atoms with Gasteiger partial charge in [-0.05, 0) is 30.7 Å². The van der Waals surface area contributed by atoms with E-state index in [-0.39, 0.29) is 5.75 Å². The van der Waals surface area contributed by atoms with E-state index in [1.54, 1.807) is 13.0 Å². The van der Waals surface area contributed by atoms with Crippen molar-refractivity contribution in [2.45, 2.75) is 13.1 Å². The van der Waals surface area contributed by atoms with E-state index in [0.717, 1.165) is 0 Å². The van der Waals surface area contributed by atoms with E-state index in [1.807, 2.05) is 0 Å². The van der Waals surface area contributed by atoms with Gasteiger partial charge in [0.05, 0.1) is 0 Å². The fraction of sp³-hybridized carbons (Fsp3) is 0.300. The molecule has 0 saturated carbocycles. The van der Waals surface area contributed by atoms with Gasteiger partial charge in [-0.2, -0.15) is 13.2 Å². The molecule has 0 N–H and O–H groups in total. The van der Waals surface area contributed by atoms with Crippen molar-refractivity contribution < 1.29 is 22.7 Å². The summed E-state index contributed by atoms with van der Waals surface area (Å²) in [5.41, 5.74) is 0.976. The third kappa shape index (κ3) is 4.01. The van der Waals surface area contributed by atoms with Crippen LogP contribution in [0.2, 0.25) is 0 Å². The van der Waals surface area contributed by atoms with E-state index >= 15 is 0 Å². The van der Waals surface area contributed by atoms with E-state index in [9.17, 15) is 18.0 Å². The number of carbonyl (C=O) groups excluding carboxylic acids is 1. The fourth-order valence-corrected chi connectivity index (χ4v) is 1.09. The van der Waals surface area contributed by atoms with E-state index in [2.05, 4.69) is 4.74 Å². The van der Waals surface area contributed by atoms with Crippen molar-refractivity contribution in [1.29, 1.82) is 0 Å². The van der Waals surface area contributed by atoms with E-state index < -0.39 is 12.8 Å². The second-order valence-corrected chi connectivity index (χ2v) is 3.10. The quantitative estimate of drug-likeness (QED) is 0.729. The molecule has 15 heavy (non-hydrogen) atoms. The van der Waals surface area contributed by atoms with Crippen LogP contribution in [0.4, 0.5) is 13.2 Å². The maximum Gasteiger partial charge on any atom is 0.422 e. The number of hydrogen-bond acceptors (Lipinski definition) is 2. The molecule has 0 aliphatic heterocycles. The minimum atomic E-state index is -4.37. The van der Waals surface area contributed by atoms with Crippen LogP contribution in [0.15, 0.2) is 18.2 Å². The molecule has 0 aromatic heterocycles. The van der Waals surface area contributed by atoms with Crippen molar-refractivity contribution in [1.82, 2.24) is 0 Å². The van der Waals surface area contributed by atoms with Gasteiger partial charge in [-0.25, -0.2) is 0 Å². The van der Waals surface area contributed by atoms with Crippen molar-refractivity contribution in [3.8, 4) is 5.75 Å². The monoisotopic (exact) mass is 218 g/mol. The lowest BCUT2D eigenvalue weighted by atomic mass is 10.1. The van der Waals surface area contributed by atoms with Gasteiger partial charge in [0, 0.05) is 5.56 Å². The number of ether oxygens (including phenoxy) is 1. The highest BCUT2D eigenvalue weighted by Crippen LogP contribution is 2.20. The van der Waals surface area contributed by atoms with Gasteiger partial charge in [-0.1, -0.05) is 0 Å². The number of carbonyl (C=O) groups is 1. The molecule has 0 fully saturated rings. The van der Waals surface area contributed by atoms with Crippen LogP contribution in [0.25, 0.3) is 0 Å². The Balaban J connectivity index is 2.77. The molecule has 1 aromatic carbocycles. The molecule has 0 atom stereocenters. The minimum absolute atomic E-state index is 0.0504. The van der Waals surface area contributed by atoms with E-state index in [1.165, 1.54) is 12.1 Å². The molecule has 82 valence electrons. The Morgan fingerprint density at radius 2 is 2.00 bits per heavy atom. The van der Waals surface area contributed by atoms with Crippen LogP contribution in [-0.2, 0) is 0 Å². The first-order valence-corrected chi connectivity index (χ1v) is 4.17. The van der Waals surface area contributed by atoms with Crippen LogP contribution in [-0.4, -0.2) is 19.1 Å². The van der Waals surface area contributed by atoms with Gasteiger partial charge < -0.3 is 4.74 Å². The molecule has 1 aromatic rings. The molecule has 0 amide bonds.